The van der Waals surface area contributed by atoms with Crippen LogP contribution in [0.5, 0.6) is 0 Å². The second-order valence-corrected chi connectivity index (χ2v) is 5.30. The van der Waals surface area contributed by atoms with Crippen LogP contribution in [0, 0.1) is 11.6 Å². The van der Waals surface area contributed by atoms with E-state index in [1.54, 1.807) is 25.1 Å². The van der Waals surface area contributed by atoms with Crippen LogP contribution < -0.4 is 0 Å². The Morgan fingerprint density at radius 3 is 2.38 bits per heavy atom. The third kappa shape index (κ3) is 3.79. The Labute approximate surface area is 126 Å². The molecule has 0 spiro atoms. The second kappa shape index (κ2) is 6.22. The van der Waals surface area contributed by atoms with Crippen molar-refractivity contribution >= 4 is 17.6 Å². The standard InChI is InChI=1S/C16H13ClF2O2/c1-9(4-16(20)21)10-2-3-15(17)14(7-10)11-5-12(18)8-13(19)6-11/h2-3,5-9H,4H2,1H3,(H,20,21). The van der Waals surface area contributed by atoms with Crippen LogP contribution in [0.1, 0.15) is 24.8 Å². The molecule has 2 aromatic rings. The molecule has 5 heteroatoms. The number of carbonyl (C=O) groups is 1. The molecule has 2 rings (SSSR count). The first kappa shape index (κ1) is 15.4. The van der Waals surface area contributed by atoms with Crippen molar-refractivity contribution in [3.63, 3.8) is 0 Å². The lowest BCUT2D eigenvalue weighted by molar-refractivity contribution is -0.137. The molecule has 0 bridgehead atoms. The fourth-order valence-electron chi connectivity index (χ4n) is 2.16. The molecule has 0 saturated carbocycles. The Morgan fingerprint density at radius 1 is 1.19 bits per heavy atom. The van der Waals surface area contributed by atoms with Crippen LogP contribution in [0.3, 0.4) is 0 Å². The smallest absolute Gasteiger partial charge is 0.303 e. The molecule has 1 unspecified atom stereocenters. The molecule has 0 aromatic heterocycles. The van der Waals surface area contributed by atoms with Crippen molar-refractivity contribution in [2.24, 2.45) is 0 Å². The molecule has 21 heavy (non-hydrogen) atoms. The third-order valence-electron chi connectivity index (χ3n) is 3.21. The SMILES string of the molecule is CC(CC(=O)O)c1ccc(Cl)c(-c2cc(F)cc(F)c2)c1. The molecule has 0 aliphatic rings. The van der Waals surface area contributed by atoms with Crippen LogP contribution in [0.4, 0.5) is 8.78 Å². The molecule has 0 radical (unpaired) electrons. The lowest BCUT2D eigenvalue weighted by atomic mass is 9.94. The van der Waals surface area contributed by atoms with Crippen molar-refractivity contribution in [1.82, 2.24) is 0 Å². The van der Waals surface area contributed by atoms with Crippen molar-refractivity contribution < 1.29 is 18.7 Å². The number of carboxylic acid groups (broad SMARTS) is 1. The van der Waals surface area contributed by atoms with Crippen LogP contribution in [-0.2, 0) is 4.79 Å². The highest BCUT2D eigenvalue weighted by molar-refractivity contribution is 6.33. The van der Waals surface area contributed by atoms with Crippen molar-refractivity contribution in [3.05, 3.63) is 58.6 Å². The van der Waals surface area contributed by atoms with Gasteiger partial charge in [-0.15, -0.1) is 0 Å². The molecule has 0 aliphatic carbocycles. The molecule has 2 nitrogen and oxygen atoms in total. The number of benzene rings is 2. The molecule has 0 amide bonds. The summed E-state index contributed by atoms with van der Waals surface area (Å²) in [5.74, 6) is -2.51. The van der Waals surface area contributed by atoms with E-state index in [1.807, 2.05) is 0 Å². The van der Waals surface area contributed by atoms with Crippen LogP contribution in [0.15, 0.2) is 36.4 Å². The third-order valence-corrected chi connectivity index (χ3v) is 3.54. The van der Waals surface area contributed by atoms with E-state index in [0.717, 1.165) is 11.6 Å². The highest BCUT2D eigenvalue weighted by atomic mass is 35.5. The fourth-order valence-corrected chi connectivity index (χ4v) is 2.39. The molecule has 2 aromatic carbocycles. The van der Waals surface area contributed by atoms with Crippen LogP contribution in [0.2, 0.25) is 5.02 Å². The molecule has 1 N–H and O–H groups in total. The summed E-state index contributed by atoms with van der Waals surface area (Å²) in [5, 5.41) is 9.19. The second-order valence-electron chi connectivity index (χ2n) is 4.90. The zero-order valence-electron chi connectivity index (χ0n) is 11.2. The van der Waals surface area contributed by atoms with E-state index in [4.69, 9.17) is 16.7 Å². The van der Waals surface area contributed by atoms with Gasteiger partial charge in [0.2, 0.25) is 0 Å². The minimum absolute atomic E-state index is 0.0292. The summed E-state index contributed by atoms with van der Waals surface area (Å²) in [6.07, 6.45) is -0.0292. The van der Waals surface area contributed by atoms with E-state index in [1.165, 1.54) is 12.1 Å². The van der Waals surface area contributed by atoms with Crippen LogP contribution >= 0.6 is 11.6 Å². The van der Waals surface area contributed by atoms with E-state index in [2.05, 4.69) is 0 Å². The number of hydrogen-bond acceptors (Lipinski definition) is 1. The largest absolute Gasteiger partial charge is 0.481 e. The van der Waals surface area contributed by atoms with Crippen molar-refractivity contribution in [2.75, 3.05) is 0 Å². The maximum atomic E-state index is 13.3. The highest BCUT2D eigenvalue weighted by Gasteiger charge is 2.14. The lowest BCUT2D eigenvalue weighted by Crippen LogP contribution is -2.03. The maximum Gasteiger partial charge on any atom is 0.303 e. The number of aliphatic carboxylic acids is 1. The minimum atomic E-state index is -0.907. The lowest BCUT2D eigenvalue weighted by Gasteiger charge is -2.13. The van der Waals surface area contributed by atoms with Gasteiger partial charge in [0.25, 0.3) is 0 Å². The van der Waals surface area contributed by atoms with Gasteiger partial charge in [-0.3, -0.25) is 4.79 Å². The Bertz CT molecular complexity index is 666. The minimum Gasteiger partial charge on any atom is -0.481 e. The Kier molecular flexibility index (Phi) is 4.58. The molecular formula is C16H13ClF2O2. The van der Waals surface area contributed by atoms with Crippen LogP contribution in [0.25, 0.3) is 11.1 Å². The van der Waals surface area contributed by atoms with Gasteiger partial charge < -0.3 is 5.11 Å². The summed E-state index contributed by atoms with van der Waals surface area (Å²) in [4.78, 5) is 10.8. The summed E-state index contributed by atoms with van der Waals surface area (Å²) < 4.78 is 26.6. The maximum absolute atomic E-state index is 13.3. The van der Waals surface area contributed by atoms with E-state index in [0.29, 0.717) is 16.1 Å². The van der Waals surface area contributed by atoms with Gasteiger partial charge in [0.1, 0.15) is 11.6 Å². The number of rotatable bonds is 4. The van der Waals surface area contributed by atoms with Gasteiger partial charge in [0.15, 0.2) is 0 Å². The van der Waals surface area contributed by atoms with Crippen LogP contribution in [-0.4, -0.2) is 11.1 Å². The zero-order valence-corrected chi connectivity index (χ0v) is 12.0. The quantitative estimate of drug-likeness (QED) is 0.875. The molecule has 0 heterocycles. The van der Waals surface area contributed by atoms with E-state index in [9.17, 15) is 13.6 Å². The zero-order chi connectivity index (χ0) is 15.6. The summed E-state index contributed by atoms with van der Waals surface area (Å²) in [6, 6.07) is 8.16. The molecular weight excluding hydrogens is 298 g/mol. The first-order chi connectivity index (χ1) is 9.86. The fraction of sp³-hybridized carbons (Fsp3) is 0.188. The summed E-state index contributed by atoms with van der Waals surface area (Å²) in [5.41, 5.74) is 1.55. The Balaban J connectivity index is 2.46. The number of halogens is 3. The van der Waals surface area contributed by atoms with E-state index < -0.39 is 17.6 Å². The predicted molar refractivity (Wildman–Crippen MR) is 77.5 cm³/mol. The Morgan fingerprint density at radius 2 is 1.81 bits per heavy atom. The molecule has 0 saturated heterocycles. The van der Waals surface area contributed by atoms with E-state index >= 15 is 0 Å². The Hall–Kier alpha value is -1.94. The van der Waals surface area contributed by atoms with Gasteiger partial charge in [0, 0.05) is 16.7 Å². The normalized spacial score (nSPS) is 12.2. The predicted octanol–water partition coefficient (Wildman–Crippen LogP) is 4.86. The average Bonchev–Trinajstić information content (AvgIpc) is 2.37. The van der Waals surface area contributed by atoms with Gasteiger partial charge in [-0.05, 0) is 41.3 Å². The van der Waals surface area contributed by atoms with Gasteiger partial charge in [0.05, 0.1) is 6.42 Å². The summed E-state index contributed by atoms with van der Waals surface area (Å²) in [7, 11) is 0. The van der Waals surface area contributed by atoms with Gasteiger partial charge in [-0.25, -0.2) is 8.78 Å². The first-order valence-corrected chi connectivity index (χ1v) is 6.72. The molecule has 0 fully saturated rings. The molecule has 1 atom stereocenters. The van der Waals surface area contributed by atoms with Crippen molar-refractivity contribution in [3.8, 4) is 11.1 Å². The van der Waals surface area contributed by atoms with Gasteiger partial charge in [-0.2, -0.15) is 0 Å². The molecule has 110 valence electrons. The topological polar surface area (TPSA) is 37.3 Å². The molecule has 0 aliphatic heterocycles. The van der Waals surface area contributed by atoms with Gasteiger partial charge in [-0.1, -0.05) is 24.6 Å². The number of carboxylic acids is 1. The first-order valence-electron chi connectivity index (χ1n) is 6.34. The van der Waals surface area contributed by atoms with Crippen molar-refractivity contribution in [2.45, 2.75) is 19.3 Å². The van der Waals surface area contributed by atoms with E-state index in [-0.39, 0.29) is 12.3 Å². The summed E-state index contributed by atoms with van der Waals surface area (Å²) >= 11 is 6.08. The van der Waals surface area contributed by atoms with Gasteiger partial charge >= 0.3 is 5.97 Å². The average molecular weight is 311 g/mol. The highest BCUT2D eigenvalue weighted by Crippen LogP contribution is 2.32. The summed E-state index contributed by atoms with van der Waals surface area (Å²) in [6.45, 7) is 1.77. The number of hydrogen-bond donors (Lipinski definition) is 1. The monoisotopic (exact) mass is 310 g/mol. The van der Waals surface area contributed by atoms with Crippen molar-refractivity contribution in [1.29, 1.82) is 0 Å².